The zero-order valence-corrected chi connectivity index (χ0v) is 12.5. The molecule has 1 aliphatic heterocycles. The average Bonchev–Trinajstić information content (AvgIpc) is 2.49. The van der Waals surface area contributed by atoms with Gasteiger partial charge in [-0.05, 0) is 62.6 Å². The van der Waals surface area contributed by atoms with Gasteiger partial charge in [0.25, 0.3) is 0 Å². The van der Waals surface area contributed by atoms with Crippen LogP contribution in [0.2, 0.25) is 0 Å². The van der Waals surface area contributed by atoms with Crippen molar-refractivity contribution in [3.63, 3.8) is 0 Å². The molecule has 1 N–H and O–H groups in total. The van der Waals surface area contributed by atoms with Crippen LogP contribution in [0.3, 0.4) is 0 Å². The van der Waals surface area contributed by atoms with E-state index in [0.717, 1.165) is 31.1 Å². The zero-order valence-electron chi connectivity index (χ0n) is 12.5. The number of benzene rings is 1. The lowest BCUT2D eigenvalue weighted by Crippen LogP contribution is -2.36. The van der Waals surface area contributed by atoms with Crippen molar-refractivity contribution < 1.29 is 13.5 Å². The molecule has 0 saturated carbocycles. The third-order valence-electron chi connectivity index (χ3n) is 4.07. The molecule has 118 valence electrons. The predicted octanol–water partition coefficient (Wildman–Crippen LogP) is 3.11. The molecule has 1 aliphatic rings. The Kier molecular flexibility index (Phi) is 6.39. The minimum atomic E-state index is -2.76. The van der Waals surface area contributed by atoms with Gasteiger partial charge < -0.3 is 15.0 Å². The molecule has 0 aliphatic carbocycles. The minimum absolute atomic E-state index is 0.209. The molecule has 0 radical (unpaired) electrons. The van der Waals surface area contributed by atoms with Crippen LogP contribution in [0.1, 0.15) is 25.3 Å². The third kappa shape index (κ3) is 5.59. The highest BCUT2D eigenvalue weighted by Crippen LogP contribution is 2.17. The number of likely N-dealkylation sites (tertiary alicyclic amines) is 1. The summed E-state index contributed by atoms with van der Waals surface area (Å²) in [7, 11) is 0. The summed E-state index contributed by atoms with van der Waals surface area (Å²) in [5, 5.41) is 3.46. The Balaban J connectivity index is 1.67. The van der Waals surface area contributed by atoms with E-state index in [1.165, 1.54) is 25.9 Å². The molecule has 0 bridgehead atoms. The predicted molar refractivity (Wildman–Crippen MR) is 79.6 cm³/mol. The van der Waals surface area contributed by atoms with E-state index in [-0.39, 0.29) is 5.75 Å². The van der Waals surface area contributed by atoms with Gasteiger partial charge in [0.15, 0.2) is 0 Å². The number of hydrogen-bond acceptors (Lipinski definition) is 3. The maximum atomic E-state index is 12.0. The van der Waals surface area contributed by atoms with E-state index in [1.807, 2.05) is 12.1 Å². The lowest BCUT2D eigenvalue weighted by Gasteiger charge is -2.31. The van der Waals surface area contributed by atoms with E-state index in [1.54, 1.807) is 12.1 Å². The Bertz CT molecular complexity index is 403. The lowest BCUT2D eigenvalue weighted by molar-refractivity contribution is -0.0498. The smallest absolute Gasteiger partial charge is 0.387 e. The summed E-state index contributed by atoms with van der Waals surface area (Å²) in [6.45, 7) is 4.77. The molecule has 0 atom stereocenters. The van der Waals surface area contributed by atoms with Gasteiger partial charge in [0.2, 0.25) is 0 Å². The topological polar surface area (TPSA) is 24.5 Å². The fourth-order valence-electron chi connectivity index (χ4n) is 2.72. The van der Waals surface area contributed by atoms with Crippen LogP contribution in [0.4, 0.5) is 8.78 Å². The second kappa shape index (κ2) is 8.29. The SMILES string of the molecule is CCN1CCC(CNCc2ccc(OC(F)F)cc2)CC1. The van der Waals surface area contributed by atoms with Crippen molar-refractivity contribution >= 4 is 0 Å². The molecule has 3 nitrogen and oxygen atoms in total. The van der Waals surface area contributed by atoms with Crippen molar-refractivity contribution in [3.05, 3.63) is 29.8 Å². The van der Waals surface area contributed by atoms with Crippen LogP contribution < -0.4 is 10.1 Å². The average molecular weight is 298 g/mol. The highest BCUT2D eigenvalue weighted by atomic mass is 19.3. The maximum Gasteiger partial charge on any atom is 0.387 e. The molecule has 21 heavy (non-hydrogen) atoms. The molecule has 1 aromatic carbocycles. The summed E-state index contributed by atoms with van der Waals surface area (Å²) < 4.78 is 28.4. The summed E-state index contributed by atoms with van der Waals surface area (Å²) in [5.41, 5.74) is 1.09. The summed E-state index contributed by atoms with van der Waals surface area (Å²) in [5.74, 6) is 0.954. The van der Waals surface area contributed by atoms with Crippen molar-refractivity contribution in [2.75, 3.05) is 26.2 Å². The molecular weight excluding hydrogens is 274 g/mol. The fraction of sp³-hybridized carbons (Fsp3) is 0.625. The molecule has 5 heteroatoms. The molecule has 0 spiro atoms. The Hall–Kier alpha value is -1.20. The first-order valence-electron chi connectivity index (χ1n) is 7.64. The summed E-state index contributed by atoms with van der Waals surface area (Å²) in [6, 6.07) is 6.82. The second-order valence-corrected chi connectivity index (χ2v) is 5.53. The zero-order chi connectivity index (χ0) is 15.1. The van der Waals surface area contributed by atoms with Crippen molar-refractivity contribution in [1.29, 1.82) is 0 Å². The van der Waals surface area contributed by atoms with Gasteiger partial charge in [-0.2, -0.15) is 8.78 Å². The van der Waals surface area contributed by atoms with Gasteiger partial charge in [0, 0.05) is 6.54 Å². The highest BCUT2D eigenvalue weighted by Gasteiger charge is 2.17. The number of halogens is 2. The van der Waals surface area contributed by atoms with E-state index >= 15 is 0 Å². The molecule has 0 unspecified atom stereocenters. The largest absolute Gasteiger partial charge is 0.435 e. The van der Waals surface area contributed by atoms with Gasteiger partial charge in [0.05, 0.1) is 0 Å². The van der Waals surface area contributed by atoms with E-state index < -0.39 is 6.61 Å². The van der Waals surface area contributed by atoms with Crippen LogP contribution in [0, 0.1) is 5.92 Å². The summed E-state index contributed by atoms with van der Waals surface area (Å²) >= 11 is 0. The van der Waals surface area contributed by atoms with Crippen molar-refractivity contribution in [2.24, 2.45) is 5.92 Å². The fourth-order valence-corrected chi connectivity index (χ4v) is 2.72. The molecular formula is C16H24F2N2O. The maximum absolute atomic E-state index is 12.0. The molecule has 1 saturated heterocycles. The number of piperidine rings is 1. The van der Waals surface area contributed by atoms with Crippen molar-refractivity contribution in [1.82, 2.24) is 10.2 Å². The van der Waals surface area contributed by atoms with Gasteiger partial charge in [0.1, 0.15) is 5.75 Å². The van der Waals surface area contributed by atoms with Gasteiger partial charge >= 0.3 is 6.61 Å². The molecule has 1 fully saturated rings. The van der Waals surface area contributed by atoms with Crippen LogP contribution in [-0.4, -0.2) is 37.7 Å². The first-order valence-corrected chi connectivity index (χ1v) is 7.64. The molecule has 0 aromatic heterocycles. The molecule has 1 aromatic rings. The van der Waals surface area contributed by atoms with Gasteiger partial charge in [-0.15, -0.1) is 0 Å². The number of rotatable bonds is 7. The van der Waals surface area contributed by atoms with Crippen molar-refractivity contribution in [3.8, 4) is 5.75 Å². The monoisotopic (exact) mass is 298 g/mol. The quantitative estimate of drug-likeness (QED) is 0.837. The normalized spacial score (nSPS) is 17.3. The Morgan fingerprint density at radius 3 is 2.48 bits per heavy atom. The van der Waals surface area contributed by atoms with Crippen LogP contribution in [0.15, 0.2) is 24.3 Å². The molecule has 0 amide bonds. The number of nitrogens with zero attached hydrogens (tertiary/aromatic N) is 1. The van der Waals surface area contributed by atoms with Crippen LogP contribution in [-0.2, 0) is 6.54 Å². The number of hydrogen-bond donors (Lipinski definition) is 1. The van der Waals surface area contributed by atoms with E-state index in [0.29, 0.717) is 0 Å². The van der Waals surface area contributed by atoms with Gasteiger partial charge in [-0.25, -0.2) is 0 Å². The first-order chi connectivity index (χ1) is 10.2. The van der Waals surface area contributed by atoms with Crippen LogP contribution in [0.25, 0.3) is 0 Å². The second-order valence-electron chi connectivity index (χ2n) is 5.53. The van der Waals surface area contributed by atoms with Crippen molar-refractivity contribution in [2.45, 2.75) is 32.9 Å². The minimum Gasteiger partial charge on any atom is -0.435 e. The highest BCUT2D eigenvalue weighted by molar-refractivity contribution is 5.27. The Morgan fingerprint density at radius 2 is 1.90 bits per heavy atom. The van der Waals surface area contributed by atoms with Crippen LogP contribution in [0.5, 0.6) is 5.75 Å². The van der Waals surface area contributed by atoms with Gasteiger partial charge in [-0.3, -0.25) is 0 Å². The number of alkyl halides is 2. The standard InChI is InChI=1S/C16H24F2N2O/c1-2-20-9-7-14(8-10-20)12-19-11-13-3-5-15(6-4-13)21-16(17)18/h3-6,14,16,19H,2,7-12H2,1H3. The Labute approximate surface area is 125 Å². The number of ether oxygens (including phenoxy) is 1. The Morgan fingerprint density at radius 1 is 1.24 bits per heavy atom. The van der Waals surface area contributed by atoms with E-state index in [2.05, 4.69) is 21.9 Å². The van der Waals surface area contributed by atoms with Gasteiger partial charge in [-0.1, -0.05) is 19.1 Å². The van der Waals surface area contributed by atoms with Crippen LogP contribution >= 0.6 is 0 Å². The molecule has 1 heterocycles. The first kappa shape index (κ1) is 16.2. The third-order valence-corrected chi connectivity index (χ3v) is 4.07. The number of nitrogens with one attached hydrogen (secondary N) is 1. The van der Waals surface area contributed by atoms with E-state index in [9.17, 15) is 8.78 Å². The molecule has 2 rings (SSSR count). The van der Waals surface area contributed by atoms with E-state index in [4.69, 9.17) is 0 Å². The summed E-state index contributed by atoms with van der Waals surface area (Å²) in [6.07, 6.45) is 2.50. The lowest BCUT2D eigenvalue weighted by atomic mass is 9.97. The summed E-state index contributed by atoms with van der Waals surface area (Å²) in [4.78, 5) is 2.48.